The van der Waals surface area contributed by atoms with Crippen molar-refractivity contribution in [3.63, 3.8) is 0 Å². The number of hydrogen-bond donors (Lipinski definition) is 2. The summed E-state index contributed by atoms with van der Waals surface area (Å²) in [6.07, 6.45) is 1.72. The van der Waals surface area contributed by atoms with Crippen molar-refractivity contribution in [3.8, 4) is 0 Å². The summed E-state index contributed by atoms with van der Waals surface area (Å²) < 4.78 is 32.9. The van der Waals surface area contributed by atoms with Gasteiger partial charge in [0.2, 0.25) is 10.0 Å². The van der Waals surface area contributed by atoms with E-state index in [2.05, 4.69) is 28.2 Å². The number of hydrogen-bond acceptors (Lipinski definition) is 5. The minimum Gasteiger partial charge on any atom is -0.443 e. The first-order valence-electron chi connectivity index (χ1n) is 6.39. The Kier molecular flexibility index (Phi) is 4.76. The van der Waals surface area contributed by atoms with Crippen molar-refractivity contribution in [3.05, 3.63) is 16.5 Å². The molecule has 0 saturated carbocycles. The Morgan fingerprint density at radius 1 is 1.48 bits per heavy atom. The molecule has 7 nitrogen and oxygen atoms in total. The van der Waals surface area contributed by atoms with Gasteiger partial charge in [0.15, 0.2) is 10.4 Å². The van der Waals surface area contributed by atoms with Crippen LogP contribution in [0.1, 0.15) is 30.3 Å². The van der Waals surface area contributed by atoms with Crippen LogP contribution in [-0.4, -0.2) is 34.1 Å². The molecule has 0 atom stereocenters. The van der Waals surface area contributed by atoms with Crippen molar-refractivity contribution < 1.29 is 22.4 Å². The lowest BCUT2D eigenvalue weighted by Gasteiger charge is -2.33. The zero-order valence-electron chi connectivity index (χ0n) is 11.5. The van der Waals surface area contributed by atoms with E-state index < -0.39 is 15.9 Å². The van der Waals surface area contributed by atoms with E-state index in [0.717, 1.165) is 18.9 Å². The fourth-order valence-electron chi connectivity index (χ4n) is 2.08. The summed E-state index contributed by atoms with van der Waals surface area (Å²) >= 11 is 2.94. The predicted molar refractivity (Wildman–Crippen MR) is 78.3 cm³/mol. The molecular weight excluding hydrogens is 364 g/mol. The molecule has 3 N–H and O–H groups in total. The molecule has 21 heavy (non-hydrogen) atoms. The Balaban J connectivity index is 2.04. The van der Waals surface area contributed by atoms with Gasteiger partial charge in [-0.15, -0.1) is 0 Å². The molecule has 1 fully saturated rings. The van der Waals surface area contributed by atoms with Crippen molar-refractivity contribution >= 4 is 31.9 Å². The van der Waals surface area contributed by atoms with Crippen LogP contribution in [0.25, 0.3) is 0 Å². The highest BCUT2D eigenvalue weighted by atomic mass is 79.9. The number of furan rings is 1. The largest absolute Gasteiger partial charge is 0.443 e. The quantitative estimate of drug-likeness (QED) is 0.815. The van der Waals surface area contributed by atoms with Crippen molar-refractivity contribution in [1.82, 2.24) is 5.32 Å². The molecule has 1 aromatic heterocycles. The standard InChI is InChI=1S/C12H17BrN2O5S/c1-12(2-4-19-5-3-12)7-15-11(16)8-6-9(10(13)20-8)21(14,17)18/h6H,2-5,7H2,1H3,(H,15,16)(H2,14,17,18). The van der Waals surface area contributed by atoms with E-state index in [1.165, 1.54) is 0 Å². The monoisotopic (exact) mass is 380 g/mol. The van der Waals surface area contributed by atoms with E-state index in [0.29, 0.717) is 19.8 Å². The third-order valence-corrected chi connectivity index (χ3v) is 5.33. The second kappa shape index (κ2) is 6.07. The van der Waals surface area contributed by atoms with Crippen molar-refractivity contribution in [2.24, 2.45) is 10.6 Å². The molecule has 9 heteroatoms. The van der Waals surface area contributed by atoms with Gasteiger partial charge in [-0.3, -0.25) is 4.79 Å². The topological polar surface area (TPSA) is 112 Å². The van der Waals surface area contributed by atoms with Gasteiger partial charge < -0.3 is 14.5 Å². The molecule has 0 spiro atoms. The van der Waals surface area contributed by atoms with Crippen LogP contribution in [0.3, 0.4) is 0 Å². The van der Waals surface area contributed by atoms with E-state index in [1.54, 1.807) is 0 Å². The average Bonchev–Trinajstić information content (AvgIpc) is 2.79. The second-order valence-corrected chi connectivity index (χ2v) is 7.65. The molecule has 1 saturated heterocycles. The van der Waals surface area contributed by atoms with Crippen LogP contribution in [0.4, 0.5) is 0 Å². The van der Waals surface area contributed by atoms with E-state index in [-0.39, 0.29) is 20.7 Å². The van der Waals surface area contributed by atoms with Crippen LogP contribution in [0.5, 0.6) is 0 Å². The summed E-state index contributed by atoms with van der Waals surface area (Å²) in [4.78, 5) is 11.8. The average molecular weight is 381 g/mol. The zero-order chi connectivity index (χ0) is 15.7. The van der Waals surface area contributed by atoms with E-state index in [9.17, 15) is 13.2 Å². The summed E-state index contributed by atoms with van der Waals surface area (Å²) in [5, 5.41) is 7.78. The summed E-state index contributed by atoms with van der Waals surface area (Å²) in [6.45, 7) is 3.89. The molecule has 0 aromatic carbocycles. The predicted octanol–water partition coefficient (Wildman–Crippen LogP) is 1.24. The molecule has 2 rings (SSSR count). The first-order chi connectivity index (χ1) is 9.71. The van der Waals surface area contributed by atoms with Crippen molar-refractivity contribution in [1.29, 1.82) is 0 Å². The number of nitrogens with two attached hydrogens (primary N) is 1. The van der Waals surface area contributed by atoms with Gasteiger partial charge in [-0.1, -0.05) is 6.92 Å². The van der Waals surface area contributed by atoms with Crippen molar-refractivity contribution in [2.45, 2.75) is 24.7 Å². The minimum absolute atomic E-state index is 0.0273. The van der Waals surface area contributed by atoms with Crippen LogP contribution in [0.2, 0.25) is 0 Å². The van der Waals surface area contributed by atoms with Gasteiger partial charge in [0, 0.05) is 25.8 Å². The Bertz CT molecular complexity index is 634. The van der Waals surface area contributed by atoms with Gasteiger partial charge in [0.1, 0.15) is 4.90 Å². The van der Waals surface area contributed by atoms with Gasteiger partial charge in [0.25, 0.3) is 5.91 Å². The summed E-state index contributed by atoms with van der Waals surface area (Å²) in [6, 6.07) is 1.11. The van der Waals surface area contributed by atoms with Crippen LogP contribution >= 0.6 is 15.9 Å². The molecule has 0 radical (unpaired) electrons. The second-order valence-electron chi connectivity index (χ2n) is 5.40. The van der Waals surface area contributed by atoms with Crippen molar-refractivity contribution in [2.75, 3.05) is 19.8 Å². The van der Waals surface area contributed by atoms with Crippen LogP contribution in [-0.2, 0) is 14.8 Å². The Morgan fingerprint density at radius 3 is 2.62 bits per heavy atom. The third kappa shape index (κ3) is 4.06. The highest BCUT2D eigenvalue weighted by Crippen LogP contribution is 2.29. The minimum atomic E-state index is -3.93. The van der Waals surface area contributed by atoms with Crippen LogP contribution < -0.4 is 10.5 Å². The van der Waals surface area contributed by atoms with Gasteiger partial charge in [-0.05, 0) is 34.2 Å². The molecule has 0 bridgehead atoms. The van der Waals surface area contributed by atoms with Gasteiger partial charge in [0.05, 0.1) is 0 Å². The molecule has 0 aliphatic carbocycles. The number of halogens is 1. The summed E-state index contributed by atoms with van der Waals surface area (Å²) in [5.74, 6) is -0.570. The lowest BCUT2D eigenvalue weighted by atomic mass is 9.82. The molecule has 2 heterocycles. The van der Waals surface area contributed by atoms with E-state index >= 15 is 0 Å². The first kappa shape index (κ1) is 16.5. The molecule has 1 aliphatic rings. The molecule has 0 unspecified atom stereocenters. The third-order valence-electron chi connectivity index (χ3n) is 3.56. The number of nitrogens with one attached hydrogen (secondary N) is 1. The molecule has 118 valence electrons. The highest BCUT2D eigenvalue weighted by Gasteiger charge is 2.29. The Morgan fingerprint density at radius 2 is 2.10 bits per heavy atom. The first-order valence-corrected chi connectivity index (χ1v) is 8.73. The number of sulfonamides is 1. The Hall–Kier alpha value is -0.900. The molecule has 1 aliphatic heterocycles. The van der Waals surface area contributed by atoms with E-state index in [4.69, 9.17) is 14.3 Å². The van der Waals surface area contributed by atoms with Gasteiger partial charge in [-0.25, -0.2) is 13.6 Å². The Labute approximate surface area is 131 Å². The number of rotatable bonds is 4. The maximum Gasteiger partial charge on any atom is 0.287 e. The zero-order valence-corrected chi connectivity index (χ0v) is 13.9. The summed E-state index contributed by atoms with van der Waals surface area (Å²) in [5.41, 5.74) is -0.0273. The van der Waals surface area contributed by atoms with Crippen LogP contribution in [0, 0.1) is 5.41 Å². The van der Waals surface area contributed by atoms with Gasteiger partial charge in [-0.2, -0.15) is 0 Å². The smallest absolute Gasteiger partial charge is 0.287 e. The fraction of sp³-hybridized carbons (Fsp3) is 0.583. The number of primary sulfonamides is 1. The maximum absolute atomic E-state index is 12.0. The van der Waals surface area contributed by atoms with Crippen LogP contribution in [0.15, 0.2) is 20.0 Å². The van der Waals surface area contributed by atoms with E-state index in [1.807, 2.05) is 0 Å². The number of carbonyl (C=O) groups excluding carboxylic acids is 1. The maximum atomic E-state index is 12.0. The molecule has 1 aromatic rings. The van der Waals surface area contributed by atoms with Gasteiger partial charge >= 0.3 is 0 Å². The molecular formula is C12H17BrN2O5S. The molecule has 1 amide bonds. The lowest BCUT2D eigenvalue weighted by Crippen LogP contribution is -2.39. The number of carbonyl (C=O) groups is 1. The number of amides is 1. The summed E-state index contributed by atoms with van der Waals surface area (Å²) in [7, 11) is -3.93. The highest BCUT2D eigenvalue weighted by molar-refractivity contribution is 9.10. The fourth-order valence-corrected chi connectivity index (χ4v) is 3.58. The number of ether oxygens (including phenoxy) is 1. The normalized spacial score (nSPS) is 18.4. The lowest BCUT2D eigenvalue weighted by molar-refractivity contribution is 0.0236. The SMILES string of the molecule is CC1(CNC(=O)c2cc(S(N)(=O)=O)c(Br)o2)CCOCC1.